The van der Waals surface area contributed by atoms with Crippen LogP contribution in [0.2, 0.25) is 0 Å². The molecule has 0 saturated heterocycles. The van der Waals surface area contributed by atoms with E-state index in [1.54, 1.807) is 23.6 Å². The summed E-state index contributed by atoms with van der Waals surface area (Å²) in [7, 11) is 0. The van der Waals surface area contributed by atoms with Crippen LogP contribution in [0.25, 0.3) is 16.6 Å². The molecule has 1 aromatic heterocycles. The molecule has 0 atom stereocenters. The van der Waals surface area contributed by atoms with Gasteiger partial charge in [0.2, 0.25) is 0 Å². The van der Waals surface area contributed by atoms with Crippen molar-refractivity contribution in [2.24, 2.45) is 0 Å². The number of hydrogen-bond donors (Lipinski definition) is 1. The molecular formula is C15H13N3O. The molecule has 1 heterocycles. The Morgan fingerprint density at radius 1 is 1.05 bits per heavy atom. The van der Waals surface area contributed by atoms with E-state index in [0.29, 0.717) is 28.1 Å². The lowest BCUT2D eigenvalue weighted by atomic mass is 10.2. The minimum Gasteiger partial charge on any atom is -0.397 e. The van der Waals surface area contributed by atoms with Gasteiger partial charge in [-0.3, -0.25) is 9.36 Å². The second-order valence-corrected chi connectivity index (χ2v) is 4.38. The highest BCUT2D eigenvalue weighted by Crippen LogP contribution is 2.17. The maximum atomic E-state index is 12.6. The summed E-state index contributed by atoms with van der Waals surface area (Å²) in [5, 5.41) is 0.594. The summed E-state index contributed by atoms with van der Waals surface area (Å²) < 4.78 is 1.55. The van der Waals surface area contributed by atoms with Crippen LogP contribution in [0.3, 0.4) is 0 Å². The van der Waals surface area contributed by atoms with E-state index in [2.05, 4.69) is 4.98 Å². The van der Waals surface area contributed by atoms with Crippen LogP contribution in [0.5, 0.6) is 0 Å². The lowest BCUT2D eigenvalue weighted by Crippen LogP contribution is -2.23. The van der Waals surface area contributed by atoms with Gasteiger partial charge in [-0.25, -0.2) is 4.98 Å². The van der Waals surface area contributed by atoms with Crippen molar-refractivity contribution in [3.8, 4) is 5.69 Å². The van der Waals surface area contributed by atoms with E-state index in [4.69, 9.17) is 5.73 Å². The molecule has 0 unspecified atom stereocenters. The third-order valence-electron chi connectivity index (χ3n) is 3.12. The van der Waals surface area contributed by atoms with E-state index in [0.717, 1.165) is 0 Å². The van der Waals surface area contributed by atoms with Crippen molar-refractivity contribution >= 4 is 16.6 Å². The lowest BCUT2D eigenvalue weighted by molar-refractivity contribution is 0.897. The summed E-state index contributed by atoms with van der Waals surface area (Å²) >= 11 is 0. The first-order valence-corrected chi connectivity index (χ1v) is 6.02. The Kier molecular flexibility index (Phi) is 2.56. The van der Waals surface area contributed by atoms with Crippen molar-refractivity contribution in [1.82, 2.24) is 9.55 Å². The molecule has 2 aromatic carbocycles. The number of aryl methyl sites for hydroxylation is 1. The molecule has 3 rings (SSSR count). The predicted octanol–water partition coefficient (Wildman–Crippen LogP) is 2.28. The van der Waals surface area contributed by atoms with E-state index in [-0.39, 0.29) is 5.56 Å². The van der Waals surface area contributed by atoms with Crippen molar-refractivity contribution in [3.05, 3.63) is 64.7 Å². The van der Waals surface area contributed by atoms with Crippen LogP contribution in [0.15, 0.2) is 53.3 Å². The summed E-state index contributed by atoms with van der Waals surface area (Å²) in [6, 6.07) is 14.6. The van der Waals surface area contributed by atoms with Crippen molar-refractivity contribution in [3.63, 3.8) is 0 Å². The second kappa shape index (κ2) is 4.24. The fourth-order valence-corrected chi connectivity index (χ4v) is 2.22. The molecule has 0 aliphatic rings. The summed E-state index contributed by atoms with van der Waals surface area (Å²) in [6.07, 6.45) is 0. The number of hydrogen-bond acceptors (Lipinski definition) is 3. The molecule has 0 aliphatic heterocycles. The van der Waals surface area contributed by atoms with E-state index < -0.39 is 0 Å². The Labute approximate surface area is 110 Å². The molecule has 4 heteroatoms. The molecule has 0 spiro atoms. The first kappa shape index (κ1) is 11.5. The van der Waals surface area contributed by atoms with Crippen LogP contribution in [-0.2, 0) is 0 Å². The number of nitrogen functional groups attached to an aromatic ring is 1. The third-order valence-corrected chi connectivity index (χ3v) is 3.12. The van der Waals surface area contributed by atoms with E-state index in [9.17, 15) is 4.79 Å². The van der Waals surface area contributed by atoms with Crippen LogP contribution >= 0.6 is 0 Å². The Balaban J connectivity index is 2.43. The maximum Gasteiger partial charge on any atom is 0.266 e. The SMILES string of the molecule is Cc1nc2ccccc2c(=O)n1-c1ccccc1N. The summed E-state index contributed by atoms with van der Waals surface area (Å²) in [5.74, 6) is 0.626. The summed E-state index contributed by atoms with van der Waals surface area (Å²) in [4.78, 5) is 17.0. The van der Waals surface area contributed by atoms with Gasteiger partial charge in [0.15, 0.2) is 0 Å². The standard InChI is InChI=1S/C15H13N3O/c1-10-17-13-8-4-2-6-11(13)15(19)18(10)14-9-5-3-7-12(14)16/h2-9H,16H2,1H3. The number of anilines is 1. The Morgan fingerprint density at radius 3 is 2.53 bits per heavy atom. The van der Waals surface area contributed by atoms with Crippen molar-refractivity contribution in [2.45, 2.75) is 6.92 Å². The van der Waals surface area contributed by atoms with Crippen molar-refractivity contribution in [2.75, 3.05) is 5.73 Å². The van der Waals surface area contributed by atoms with Gasteiger partial charge < -0.3 is 5.73 Å². The Bertz CT molecular complexity index is 821. The number of aromatic nitrogens is 2. The Hall–Kier alpha value is -2.62. The monoisotopic (exact) mass is 251 g/mol. The van der Waals surface area contributed by atoms with Gasteiger partial charge in [0.1, 0.15) is 5.82 Å². The number of benzene rings is 2. The number of para-hydroxylation sites is 3. The number of rotatable bonds is 1. The largest absolute Gasteiger partial charge is 0.397 e. The zero-order valence-electron chi connectivity index (χ0n) is 10.5. The normalized spacial score (nSPS) is 10.8. The van der Waals surface area contributed by atoms with Crippen LogP contribution < -0.4 is 11.3 Å². The molecule has 0 fully saturated rings. The van der Waals surface area contributed by atoms with E-state index in [1.165, 1.54) is 0 Å². The summed E-state index contributed by atoms with van der Waals surface area (Å²) in [5.41, 5.74) is 7.78. The number of nitrogens with two attached hydrogens (primary N) is 1. The molecular weight excluding hydrogens is 238 g/mol. The molecule has 94 valence electrons. The first-order chi connectivity index (χ1) is 9.18. The highest BCUT2D eigenvalue weighted by atomic mass is 16.1. The maximum absolute atomic E-state index is 12.6. The quantitative estimate of drug-likeness (QED) is 0.675. The lowest BCUT2D eigenvalue weighted by Gasteiger charge is -2.12. The molecule has 2 N–H and O–H groups in total. The smallest absolute Gasteiger partial charge is 0.266 e. The minimum absolute atomic E-state index is 0.0963. The molecule has 0 amide bonds. The molecule has 0 bridgehead atoms. The molecule has 19 heavy (non-hydrogen) atoms. The fraction of sp³-hybridized carbons (Fsp3) is 0.0667. The molecule has 3 aromatic rings. The van der Waals surface area contributed by atoms with Gasteiger partial charge in [-0.05, 0) is 31.2 Å². The molecule has 0 aliphatic carbocycles. The van der Waals surface area contributed by atoms with Crippen LogP contribution in [0.4, 0.5) is 5.69 Å². The number of nitrogens with zero attached hydrogens (tertiary/aromatic N) is 2. The molecule has 0 saturated carbocycles. The van der Waals surface area contributed by atoms with E-state index in [1.807, 2.05) is 36.4 Å². The average Bonchev–Trinajstić information content (AvgIpc) is 2.41. The van der Waals surface area contributed by atoms with E-state index >= 15 is 0 Å². The second-order valence-electron chi connectivity index (χ2n) is 4.38. The van der Waals surface area contributed by atoms with Gasteiger partial charge in [0.05, 0.1) is 22.3 Å². The predicted molar refractivity (Wildman–Crippen MR) is 76.5 cm³/mol. The highest BCUT2D eigenvalue weighted by molar-refractivity contribution is 5.78. The van der Waals surface area contributed by atoms with Gasteiger partial charge >= 0.3 is 0 Å². The average molecular weight is 251 g/mol. The zero-order chi connectivity index (χ0) is 13.4. The number of fused-ring (bicyclic) bond motifs is 1. The Morgan fingerprint density at radius 2 is 1.74 bits per heavy atom. The van der Waals surface area contributed by atoms with Crippen LogP contribution in [0, 0.1) is 6.92 Å². The topological polar surface area (TPSA) is 60.9 Å². The van der Waals surface area contributed by atoms with Crippen LogP contribution in [-0.4, -0.2) is 9.55 Å². The fourth-order valence-electron chi connectivity index (χ4n) is 2.22. The molecule has 4 nitrogen and oxygen atoms in total. The van der Waals surface area contributed by atoms with Crippen molar-refractivity contribution in [1.29, 1.82) is 0 Å². The van der Waals surface area contributed by atoms with Gasteiger partial charge in [-0.1, -0.05) is 24.3 Å². The summed E-state index contributed by atoms with van der Waals surface area (Å²) in [6.45, 7) is 1.81. The van der Waals surface area contributed by atoms with Gasteiger partial charge in [-0.15, -0.1) is 0 Å². The third kappa shape index (κ3) is 1.78. The molecule has 0 radical (unpaired) electrons. The highest BCUT2D eigenvalue weighted by Gasteiger charge is 2.10. The van der Waals surface area contributed by atoms with Crippen molar-refractivity contribution < 1.29 is 0 Å². The van der Waals surface area contributed by atoms with Crippen LogP contribution in [0.1, 0.15) is 5.82 Å². The van der Waals surface area contributed by atoms with Gasteiger partial charge in [-0.2, -0.15) is 0 Å². The first-order valence-electron chi connectivity index (χ1n) is 6.02. The zero-order valence-corrected chi connectivity index (χ0v) is 10.5. The minimum atomic E-state index is -0.0963. The van der Waals surface area contributed by atoms with Gasteiger partial charge in [0.25, 0.3) is 5.56 Å². The van der Waals surface area contributed by atoms with Gasteiger partial charge in [0, 0.05) is 0 Å².